The van der Waals surface area contributed by atoms with Crippen molar-refractivity contribution >= 4 is 44.6 Å². The molecule has 0 amide bonds. The first-order valence-corrected chi connectivity index (χ1v) is 9.26. The Morgan fingerprint density at radius 2 is 1.84 bits per heavy atom. The fourth-order valence-electron chi connectivity index (χ4n) is 2.25. The minimum Gasteiger partial charge on any atom is -0.365 e. The van der Waals surface area contributed by atoms with Crippen molar-refractivity contribution in [2.75, 3.05) is 19.0 Å². The number of anilines is 1. The Hall–Kier alpha value is -1.87. The van der Waals surface area contributed by atoms with Crippen LogP contribution in [0.25, 0.3) is 0 Å². The second kappa shape index (κ2) is 7.57. The van der Waals surface area contributed by atoms with Crippen LogP contribution in [0.15, 0.2) is 41.3 Å². The van der Waals surface area contributed by atoms with Gasteiger partial charge in [-0.05, 0) is 36.9 Å². The summed E-state index contributed by atoms with van der Waals surface area (Å²) in [5.41, 5.74) is 0.781. The number of benzene rings is 2. The first kappa shape index (κ1) is 19.5. The van der Waals surface area contributed by atoms with Crippen molar-refractivity contribution in [2.45, 2.75) is 11.4 Å². The Morgan fingerprint density at radius 1 is 1.16 bits per heavy atom. The number of nitro groups is 1. The smallest absolute Gasteiger partial charge is 0.293 e. The lowest BCUT2D eigenvalue weighted by atomic mass is 10.2. The standard InChI is InChI=1S/C15H15Cl2N3O4S/c1-18-25(23,24)11-4-6-14(15(8-11)20(21)22)19(2)9-10-3-5-12(16)13(17)7-10/h3-8,18H,9H2,1-2H3. The van der Waals surface area contributed by atoms with Gasteiger partial charge in [-0.1, -0.05) is 29.3 Å². The van der Waals surface area contributed by atoms with Crippen molar-refractivity contribution in [1.29, 1.82) is 0 Å². The monoisotopic (exact) mass is 403 g/mol. The van der Waals surface area contributed by atoms with E-state index in [2.05, 4.69) is 4.72 Å². The molecule has 134 valence electrons. The molecular weight excluding hydrogens is 389 g/mol. The maximum Gasteiger partial charge on any atom is 0.293 e. The lowest BCUT2D eigenvalue weighted by Gasteiger charge is -2.20. The van der Waals surface area contributed by atoms with Crippen molar-refractivity contribution in [2.24, 2.45) is 0 Å². The molecule has 0 radical (unpaired) electrons. The summed E-state index contributed by atoms with van der Waals surface area (Å²) in [6.45, 7) is 0.329. The van der Waals surface area contributed by atoms with Crippen molar-refractivity contribution in [1.82, 2.24) is 4.72 Å². The molecule has 0 aliphatic heterocycles. The van der Waals surface area contributed by atoms with Gasteiger partial charge in [0, 0.05) is 19.7 Å². The van der Waals surface area contributed by atoms with Gasteiger partial charge in [-0.3, -0.25) is 10.1 Å². The van der Waals surface area contributed by atoms with Crippen LogP contribution in [0.5, 0.6) is 0 Å². The minimum absolute atomic E-state index is 0.173. The van der Waals surface area contributed by atoms with Crippen LogP contribution < -0.4 is 9.62 Å². The fourth-order valence-corrected chi connectivity index (χ4v) is 3.32. The van der Waals surface area contributed by atoms with Gasteiger partial charge >= 0.3 is 0 Å². The SMILES string of the molecule is CNS(=O)(=O)c1ccc(N(C)Cc2ccc(Cl)c(Cl)c2)c([N+](=O)[O-])c1. The van der Waals surface area contributed by atoms with Gasteiger partial charge in [0.05, 0.1) is 19.9 Å². The van der Waals surface area contributed by atoms with Crippen LogP contribution in [0, 0.1) is 10.1 Å². The Bertz CT molecular complexity index is 919. The van der Waals surface area contributed by atoms with Gasteiger partial charge in [0.2, 0.25) is 10.0 Å². The van der Waals surface area contributed by atoms with Gasteiger partial charge in [-0.2, -0.15) is 0 Å². The quantitative estimate of drug-likeness (QED) is 0.588. The Morgan fingerprint density at radius 3 is 2.40 bits per heavy atom. The molecule has 7 nitrogen and oxygen atoms in total. The van der Waals surface area contributed by atoms with Crippen LogP contribution in [-0.2, 0) is 16.6 Å². The molecule has 10 heteroatoms. The maximum atomic E-state index is 11.8. The molecule has 0 atom stereocenters. The summed E-state index contributed by atoms with van der Waals surface area (Å²) in [6, 6.07) is 8.83. The van der Waals surface area contributed by atoms with Gasteiger partial charge in [0.15, 0.2) is 0 Å². The largest absolute Gasteiger partial charge is 0.365 e. The predicted molar refractivity (Wildman–Crippen MR) is 97.9 cm³/mol. The van der Waals surface area contributed by atoms with E-state index in [1.54, 1.807) is 30.1 Å². The number of rotatable bonds is 6. The molecule has 0 saturated carbocycles. The zero-order valence-electron chi connectivity index (χ0n) is 13.4. The molecule has 2 aromatic carbocycles. The van der Waals surface area contributed by atoms with Crippen molar-refractivity contribution in [3.63, 3.8) is 0 Å². The third-order valence-corrected chi connectivity index (χ3v) is 5.69. The summed E-state index contributed by atoms with van der Waals surface area (Å²) in [5, 5.41) is 12.2. The Labute approximate surface area is 155 Å². The van der Waals surface area contributed by atoms with Gasteiger partial charge in [0.1, 0.15) is 5.69 Å². The molecule has 0 spiro atoms. The average Bonchev–Trinajstić information content (AvgIpc) is 2.57. The number of hydrogen-bond acceptors (Lipinski definition) is 5. The first-order valence-electron chi connectivity index (χ1n) is 7.02. The zero-order valence-corrected chi connectivity index (χ0v) is 15.7. The average molecular weight is 404 g/mol. The molecule has 0 saturated heterocycles. The summed E-state index contributed by atoms with van der Waals surface area (Å²) in [4.78, 5) is 12.2. The molecule has 0 aromatic heterocycles. The van der Waals surface area contributed by atoms with E-state index in [1.807, 2.05) is 0 Å². The fraction of sp³-hybridized carbons (Fsp3) is 0.200. The Balaban J connectivity index is 2.40. The number of sulfonamides is 1. The minimum atomic E-state index is -3.77. The van der Waals surface area contributed by atoms with Gasteiger partial charge in [0.25, 0.3) is 5.69 Å². The molecule has 0 unspecified atom stereocenters. The third kappa shape index (κ3) is 4.40. The van der Waals surface area contributed by atoms with E-state index in [0.29, 0.717) is 16.6 Å². The van der Waals surface area contributed by atoms with Crippen LogP contribution in [0.3, 0.4) is 0 Å². The van der Waals surface area contributed by atoms with E-state index in [9.17, 15) is 18.5 Å². The summed E-state index contributed by atoms with van der Waals surface area (Å²) in [6.07, 6.45) is 0. The van der Waals surface area contributed by atoms with Gasteiger partial charge in [-0.25, -0.2) is 13.1 Å². The summed E-state index contributed by atoms with van der Waals surface area (Å²) < 4.78 is 25.8. The van der Waals surface area contributed by atoms with Gasteiger partial charge in [-0.15, -0.1) is 0 Å². The topological polar surface area (TPSA) is 92.6 Å². The number of nitro benzene ring substituents is 1. The third-order valence-electron chi connectivity index (χ3n) is 3.54. The number of halogens is 2. The summed E-state index contributed by atoms with van der Waals surface area (Å²) in [5.74, 6) is 0. The summed E-state index contributed by atoms with van der Waals surface area (Å²) in [7, 11) is -0.866. The van der Waals surface area contributed by atoms with Crippen molar-refractivity contribution < 1.29 is 13.3 Å². The molecule has 0 aliphatic rings. The molecule has 0 bridgehead atoms. The molecule has 0 aliphatic carbocycles. The van der Waals surface area contributed by atoms with Crippen molar-refractivity contribution in [3.05, 3.63) is 62.1 Å². The normalized spacial score (nSPS) is 11.4. The highest BCUT2D eigenvalue weighted by Crippen LogP contribution is 2.31. The van der Waals surface area contributed by atoms with Crippen LogP contribution in [-0.4, -0.2) is 27.4 Å². The lowest BCUT2D eigenvalue weighted by Crippen LogP contribution is -2.20. The van der Waals surface area contributed by atoms with E-state index in [-0.39, 0.29) is 16.3 Å². The number of nitrogens with zero attached hydrogens (tertiary/aromatic N) is 2. The van der Waals surface area contributed by atoms with E-state index < -0.39 is 14.9 Å². The van der Waals surface area contributed by atoms with Crippen LogP contribution >= 0.6 is 23.2 Å². The van der Waals surface area contributed by atoms with E-state index in [1.165, 1.54) is 19.2 Å². The van der Waals surface area contributed by atoms with E-state index in [0.717, 1.165) is 11.6 Å². The maximum absolute atomic E-state index is 11.8. The molecule has 1 N–H and O–H groups in total. The molecule has 0 fully saturated rings. The van der Waals surface area contributed by atoms with Crippen LogP contribution in [0.2, 0.25) is 10.0 Å². The highest BCUT2D eigenvalue weighted by molar-refractivity contribution is 7.89. The number of nitrogens with one attached hydrogen (secondary N) is 1. The first-order chi connectivity index (χ1) is 11.7. The molecule has 0 heterocycles. The molecular formula is C15H15Cl2N3O4S. The second-order valence-electron chi connectivity index (χ2n) is 5.22. The highest BCUT2D eigenvalue weighted by atomic mass is 35.5. The van der Waals surface area contributed by atoms with E-state index in [4.69, 9.17) is 23.2 Å². The second-order valence-corrected chi connectivity index (χ2v) is 7.92. The molecule has 2 rings (SSSR count). The lowest BCUT2D eigenvalue weighted by molar-refractivity contribution is -0.384. The van der Waals surface area contributed by atoms with Crippen molar-refractivity contribution in [3.8, 4) is 0 Å². The van der Waals surface area contributed by atoms with Crippen LogP contribution in [0.1, 0.15) is 5.56 Å². The number of hydrogen-bond donors (Lipinski definition) is 1. The molecule has 2 aromatic rings. The zero-order chi connectivity index (χ0) is 18.8. The highest BCUT2D eigenvalue weighted by Gasteiger charge is 2.22. The van der Waals surface area contributed by atoms with Gasteiger partial charge < -0.3 is 4.90 Å². The van der Waals surface area contributed by atoms with E-state index >= 15 is 0 Å². The molecule has 25 heavy (non-hydrogen) atoms. The van der Waals surface area contributed by atoms with Crippen LogP contribution in [0.4, 0.5) is 11.4 Å². The summed E-state index contributed by atoms with van der Waals surface area (Å²) >= 11 is 11.9. The predicted octanol–water partition coefficient (Wildman–Crippen LogP) is 3.45. The Kier molecular flexibility index (Phi) is 5.89.